The van der Waals surface area contributed by atoms with E-state index in [9.17, 15) is 18.4 Å². The van der Waals surface area contributed by atoms with E-state index in [1.165, 1.54) is 23.1 Å². The highest BCUT2D eigenvalue weighted by Crippen LogP contribution is 2.32. The summed E-state index contributed by atoms with van der Waals surface area (Å²) in [7, 11) is 3.36. The normalized spacial score (nSPS) is 16.4. The summed E-state index contributed by atoms with van der Waals surface area (Å²) in [4.78, 5) is 27.1. The molecule has 1 saturated heterocycles. The summed E-state index contributed by atoms with van der Waals surface area (Å²) in [6, 6.07) is 3.49. The lowest BCUT2D eigenvalue weighted by Crippen LogP contribution is -2.45. The molecule has 0 bridgehead atoms. The highest BCUT2D eigenvalue weighted by atomic mass is 19.3. The summed E-state index contributed by atoms with van der Waals surface area (Å²) >= 11 is 0. The van der Waals surface area contributed by atoms with E-state index >= 15 is 0 Å². The molecule has 0 radical (unpaired) electrons. The fraction of sp³-hybridized carbons (Fsp3) is 0.500. The average Bonchev–Trinajstić information content (AvgIpc) is 2.56. The Balaban J connectivity index is 2.27. The number of halogens is 2. The monoisotopic (exact) mass is 356 g/mol. The highest BCUT2D eigenvalue weighted by Gasteiger charge is 2.25. The Bertz CT molecular complexity index is 640. The number of nitrogens with two attached hydrogens (primary N) is 1. The minimum atomic E-state index is -2.80. The van der Waals surface area contributed by atoms with Gasteiger partial charge in [-0.05, 0) is 32.3 Å². The molecular formula is C16H22F2N4O3. The minimum absolute atomic E-state index is 0.00441. The summed E-state index contributed by atoms with van der Waals surface area (Å²) in [5.74, 6) is -0.761. The van der Waals surface area contributed by atoms with Gasteiger partial charge in [-0.1, -0.05) is 0 Å². The maximum atomic E-state index is 13.4. The van der Waals surface area contributed by atoms with Gasteiger partial charge < -0.3 is 20.7 Å². The molecule has 0 unspecified atom stereocenters. The van der Waals surface area contributed by atoms with Crippen LogP contribution in [0.15, 0.2) is 18.2 Å². The van der Waals surface area contributed by atoms with Gasteiger partial charge in [0.2, 0.25) is 5.91 Å². The first-order chi connectivity index (χ1) is 11.8. The van der Waals surface area contributed by atoms with Gasteiger partial charge in [-0.25, -0.2) is 8.78 Å². The number of hydrogen-bond donors (Lipinski definition) is 2. The van der Waals surface area contributed by atoms with Crippen LogP contribution in [0.5, 0.6) is 0 Å². The van der Waals surface area contributed by atoms with Gasteiger partial charge in [0, 0.05) is 30.0 Å². The van der Waals surface area contributed by atoms with Crippen LogP contribution in [0.3, 0.4) is 0 Å². The quantitative estimate of drug-likeness (QED) is 0.788. The second-order valence-corrected chi connectivity index (χ2v) is 5.87. The number of carbonyl (C=O) groups is 2. The molecule has 1 aromatic rings. The SMILES string of the molecule is CN(C)[C@@H](CN)C(=O)Nc1ccc(N2CCOCC2=O)cc1C(F)F. The van der Waals surface area contributed by atoms with Crippen LogP contribution in [-0.4, -0.2) is 63.2 Å². The Labute approximate surface area is 144 Å². The van der Waals surface area contributed by atoms with E-state index in [0.29, 0.717) is 18.8 Å². The molecule has 1 atom stereocenters. The van der Waals surface area contributed by atoms with E-state index in [1.807, 2.05) is 0 Å². The van der Waals surface area contributed by atoms with E-state index in [1.54, 1.807) is 19.0 Å². The zero-order chi connectivity index (χ0) is 18.6. The maximum absolute atomic E-state index is 13.4. The van der Waals surface area contributed by atoms with Crippen molar-refractivity contribution in [3.05, 3.63) is 23.8 Å². The first-order valence-electron chi connectivity index (χ1n) is 7.82. The van der Waals surface area contributed by atoms with Crippen molar-refractivity contribution in [2.24, 2.45) is 5.73 Å². The van der Waals surface area contributed by atoms with Crippen LogP contribution in [0.4, 0.5) is 20.2 Å². The molecule has 1 aromatic carbocycles. The number of nitrogens with zero attached hydrogens (tertiary/aromatic N) is 2. The van der Waals surface area contributed by atoms with Gasteiger partial charge in [0.05, 0.1) is 6.61 Å². The maximum Gasteiger partial charge on any atom is 0.265 e. The highest BCUT2D eigenvalue weighted by molar-refractivity contribution is 5.97. The largest absolute Gasteiger partial charge is 0.370 e. The van der Waals surface area contributed by atoms with Gasteiger partial charge in [0.25, 0.3) is 12.3 Å². The smallest absolute Gasteiger partial charge is 0.265 e. The molecule has 1 aliphatic heterocycles. The minimum Gasteiger partial charge on any atom is -0.370 e. The Hall–Kier alpha value is -2.10. The van der Waals surface area contributed by atoms with Gasteiger partial charge >= 0.3 is 0 Å². The lowest BCUT2D eigenvalue weighted by Gasteiger charge is -2.28. The van der Waals surface area contributed by atoms with Crippen LogP contribution < -0.4 is 16.0 Å². The summed E-state index contributed by atoms with van der Waals surface area (Å²) in [6.45, 7) is 0.616. The third-order valence-corrected chi connectivity index (χ3v) is 3.97. The second kappa shape index (κ2) is 8.32. The lowest BCUT2D eigenvalue weighted by atomic mass is 10.1. The molecule has 0 saturated carbocycles. The molecular weight excluding hydrogens is 334 g/mol. The summed E-state index contributed by atoms with van der Waals surface area (Å²) in [5, 5.41) is 2.50. The molecule has 0 aromatic heterocycles. The third-order valence-electron chi connectivity index (χ3n) is 3.97. The van der Waals surface area contributed by atoms with Gasteiger partial charge in [0.15, 0.2) is 0 Å². The fourth-order valence-electron chi connectivity index (χ4n) is 2.57. The number of morpholine rings is 1. The zero-order valence-corrected chi connectivity index (χ0v) is 14.2. The van der Waals surface area contributed by atoms with Crippen LogP contribution in [0.1, 0.15) is 12.0 Å². The number of ether oxygens (including phenoxy) is 1. The van der Waals surface area contributed by atoms with Crippen molar-refractivity contribution in [2.75, 3.05) is 50.6 Å². The van der Waals surface area contributed by atoms with Crippen molar-refractivity contribution in [3.63, 3.8) is 0 Å². The van der Waals surface area contributed by atoms with E-state index in [0.717, 1.165) is 0 Å². The van der Waals surface area contributed by atoms with Crippen molar-refractivity contribution in [2.45, 2.75) is 12.5 Å². The van der Waals surface area contributed by atoms with Crippen molar-refractivity contribution in [1.82, 2.24) is 4.90 Å². The average molecular weight is 356 g/mol. The number of likely N-dealkylation sites (N-methyl/N-ethyl adjacent to an activating group) is 1. The number of carbonyl (C=O) groups excluding carboxylic acids is 2. The summed E-state index contributed by atoms with van der Waals surface area (Å²) in [5.41, 5.74) is 5.56. The molecule has 0 spiro atoms. The number of alkyl halides is 2. The number of hydrogen-bond acceptors (Lipinski definition) is 5. The van der Waals surface area contributed by atoms with Gasteiger partial charge in [-0.2, -0.15) is 0 Å². The first kappa shape index (κ1) is 19.2. The van der Waals surface area contributed by atoms with Crippen molar-refractivity contribution < 1.29 is 23.1 Å². The Morgan fingerprint density at radius 1 is 1.44 bits per heavy atom. The van der Waals surface area contributed by atoms with Crippen molar-refractivity contribution in [1.29, 1.82) is 0 Å². The third kappa shape index (κ3) is 4.50. The summed E-state index contributed by atoms with van der Waals surface area (Å²) < 4.78 is 31.9. The molecule has 2 rings (SSSR count). The topological polar surface area (TPSA) is 87.9 Å². The van der Waals surface area contributed by atoms with Crippen molar-refractivity contribution >= 4 is 23.2 Å². The van der Waals surface area contributed by atoms with Crippen molar-refractivity contribution in [3.8, 4) is 0 Å². The lowest BCUT2D eigenvalue weighted by molar-refractivity contribution is -0.125. The predicted octanol–water partition coefficient (Wildman–Crippen LogP) is 0.815. The fourth-order valence-corrected chi connectivity index (χ4v) is 2.57. The molecule has 7 nitrogen and oxygen atoms in total. The Morgan fingerprint density at radius 2 is 2.16 bits per heavy atom. The zero-order valence-electron chi connectivity index (χ0n) is 14.2. The van der Waals surface area contributed by atoms with E-state index in [4.69, 9.17) is 10.5 Å². The summed E-state index contributed by atoms with van der Waals surface area (Å²) in [6.07, 6.45) is -2.80. The first-order valence-corrected chi connectivity index (χ1v) is 7.82. The number of rotatable bonds is 6. The van der Waals surface area contributed by atoms with E-state index in [2.05, 4.69) is 5.32 Å². The Morgan fingerprint density at radius 3 is 2.72 bits per heavy atom. The van der Waals surface area contributed by atoms with Crippen LogP contribution in [-0.2, 0) is 14.3 Å². The standard InChI is InChI=1S/C16H22F2N4O3/c1-21(2)13(8-19)16(24)20-12-4-3-10(7-11(12)15(17)18)22-5-6-25-9-14(22)23/h3-4,7,13,15H,5-6,8-9,19H2,1-2H3,(H,20,24)/t13-/m0/s1. The number of anilines is 2. The molecule has 3 N–H and O–H groups in total. The Kier molecular flexibility index (Phi) is 6.40. The van der Waals surface area contributed by atoms with Crippen LogP contribution >= 0.6 is 0 Å². The molecule has 1 fully saturated rings. The number of nitrogens with one attached hydrogen (secondary N) is 1. The molecule has 0 aliphatic carbocycles. The molecule has 138 valence electrons. The number of benzene rings is 1. The van der Waals surface area contributed by atoms with Gasteiger partial charge in [0.1, 0.15) is 12.6 Å². The van der Waals surface area contributed by atoms with Crippen LogP contribution in [0, 0.1) is 0 Å². The predicted molar refractivity (Wildman–Crippen MR) is 89.7 cm³/mol. The second-order valence-electron chi connectivity index (χ2n) is 5.87. The molecule has 1 heterocycles. The van der Waals surface area contributed by atoms with Crippen LogP contribution in [0.25, 0.3) is 0 Å². The molecule has 1 aliphatic rings. The van der Waals surface area contributed by atoms with Gasteiger partial charge in [-0.3, -0.25) is 14.5 Å². The molecule has 9 heteroatoms. The van der Waals surface area contributed by atoms with Crippen LogP contribution in [0.2, 0.25) is 0 Å². The molecule has 25 heavy (non-hydrogen) atoms. The van der Waals surface area contributed by atoms with E-state index < -0.39 is 18.4 Å². The van der Waals surface area contributed by atoms with Gasteiger partial charge in [-0.15, -0.1) is 0 Å². The number of amides is 2. The molecule has 2 amide bonds. The van der Waals surface area contributed by atoms with E-state index in [-0.39, 0.29) is 30.3 Å².